The first-order valence-corrected chi connectivity index (χ1v) is 7.99. The van der Waals surface area contributed by atoms with E-state index in [0.29, 0.717) is 40.2 Å². The first-order chi connectivity index (χ1) is 11.5. The van der Waals surface area contributed by atoms with Crippen molar-refractivity contribution in [2.45, 2.75) is 6.42 Å². The molecule has 0 atom stereocenters. The van der Waals surface area contributed by atoms with Gasteiger partial charge in [-0.15, -0.1) is 0 Å². The van der Waals surface area contributed by atoms with Gasteiger partial charge in [-0.2, -0.15) is 0 Å². The summed E-state index contributed by atoms with van der Waals surface area (Å²) in [6, 6.07) is 10.2. The normalized spacial score (nSPS) is 10.2. The number of hydrogen-bond acceptors (Lipinski definition) is 3. The number of anilines is 1. The largest absolute Gasteiger partial charge is 0.493 e. The third-order valence-electron chi connectivity index (χ3n) is 3.27. The van der Waals surface area contributed by atoms with Crippen molar-refractivity contribution in [1.82, 2.24) is 5.32 Å². The number of hydrogen-bond donors (Lipinski definition) is 2. The lowest BCUT2D eigenvalue weighted by Crippen LogP contribution is -2.30. The SMILES string of the molecule is COc1ccc(CCNC(=O)Nc2cc(Cl)cc(Cl)c2)cc1OC. The Morgan fingerprint density at radius 1 is 1.00 bits per heavy atom. The standard InChI is InChI=1S/C17H18Cl2N2O3/c1-23-15-4-3-11(7-16(15)24-2)5-6-20-17(22)21-14-9-12(18)8-13(19)10-14/h3-4,7-10H,5-6H2,1-2H3,(H2,20,21,22). The molecule has 2 aromatic rings. The minimum absolute atomic E-state index is 0.325. The van der Waals surface area contributed by atoms with E-state index in [1.54, 1.807) is 32.4 Å². The summed E-state index contributed by atoms with van der Waals surface area (Å²) in [6.45, 7) is 0.468. The van der Waals surface area contributed by atoms with Crippen LogP contribution < -0.4 is 20.1 Å². The molecule has 2 N–H and O–H groups in total. The summed E-state index contributed by atoms with van der Waals surface area (Å²) in [4.78, 5) is 11.9. The molecule has 0 saturated heterocycles. The monoisotopic (exact) mass is 368 g/mol. The summed E-state index contributed by atoms with van der Waals surface area (Å²) in [5.41, 5.74) is 1.56. The molecule has 0 aromatic heterocycles. The van der Waals surface area contributed by atoms with Crippen LogP contribution in [0.1, 0.15) is 5.56 Å². The second kappa shape index (κ2) is 8.66. The molecule has 0 fully saturated rings. The number of urea groups is 1. The maximum Gasteiger partial charge on any atom is 0.319 e. The van der Waals surface area contributed by atoms with E-state index >= 15 is 0 Å². The zero-order chi connectivity index (χ0) is 17.5. The van der Waals surface area contributed by atoms with E-state index in [1.165, 1.54) is 0 Å². The Morgan fingerprint density at radius 3 is 2.29 bits per heavy atom. The highest BCUT2D eigenvalue weighted by atomic mass is 35.5. The lowest BCUT2D eigenvalue weighted by molar-refractivity contribution is 0.252. The van der Waals surface area contributed by atoms with Gasteiger partial charge in [-0.3, -0.25) is 0 Å². The number of rotatable bonds is 6. The molecule has 0 unspecified atom stereocenters. The van der Waals surface area contributed by atoms with Crippen molar-refractivity contribution in [3.63, 3.8) is 0 Å². The van der Waals surface area contributed by atoms with Crippen LogP contribution in [0, 0.1) is 0 Å². The first-order valence-electron chi connectivity index (χ1n) is 7.23. The zero-order valence-corrected chi connectivity index (χ0v) is 14.9. The van der Waals surface area contributed by atoms with Crippen molar-refractivity contribution >= 4 is 34.9 Å². The molecule has 0 bridgehead atoms. The second-order valence-corrected chi connectivity index (χ2v) is 5.85. The molecule has 5 nitrogen and oxygen atoms in total. The van der Waals surface area contributed by atoms with Crippen molar-refractivity contribution in [2.24, 2.45) is 0 Å². The van der Waals surface area contributed by atoms with Crippen LogP contribution in [0.2, 0.25) is 10.0 Å². The Hall–Kier alpha value is -2.11. The lowest BCUT2D eigenvalue weighted by atomic mass is 10.1. The number of ether oxygens (including phenoxy) is 2. The predicted molar refractivity (Wildman–Crippen MR) is 96.7 cm³/mol. The molecule has 0 aliphatic rings. The molecule has 2 aromatic carbocycles. The number of nitrogens with one attached hydrogen (secondary N) is 2. The Kier molecular flexibility index (Phi) is 6.58. The van der Waals surface area contributed by atoms with Crippen LogP contribution in [-0.4, -0.2) is 26.8 Å². The number of carbonyl (C=O) groups excluding carboxylic acids is 1. The Labute approximate surface area is 150 Å². The molecule has 7 heteroatoms. The molecular weight excluding hydrogens is 351 g/mol. The fourth-order valence-corrected chi connectivity index (χ4v) is 2.68. The van der Waals surface area contributed by atoms with Gasteiger partial charge in [-0.1, -0.05) is 29.3 Å². The van der Waals surface area contributed by atoms with E-state index < -0.39 is 0 Å². The average Bonchev–Trinajstić information content (AvgIpc) is 2.53. The van der Waals surface area contributed by atoms with Crippen LogP contribution in [0.4, 0.5) is 10.5 Å². The summed E-state index contributed by atoms with van der Waals surface area (Å²) >= 11 is 11.8. The highest BCUT2D eigenvalue weighted by Gasteiger charge is 2.06. The summed E-state index contributed by atoms with van der Waals surface area (Å²) in [7, 11) is 3.18. The van der Waals surface area contributed by atoms with Gasteiger partial charge in [0.2, 0.25) is 0 Å². The molecule has 24 heavy (non-hydrogen) atoms. The molecule has 0 aliphatic carbocycles. The van der Waals surface area contributed by atoms with Crippen molar-refractivity contribution in [1.29, 1.82) is 0 Å². The van der Waals surface area contributed by atoms with Gasteiger partial charge in [0.25, 0.3) is 0 Å². The molecule has 0 spiro atoms. The first kappa shape index (κ1) is 18.2. The van der Waals surface area contributed by atoms with E-state index in [1.807, 2.05) is 18.2 Å². The number of methoxy groups -OCH3 is 2. The van der Waals surface area contributed by atoms with E-state index in [9.17, 15) is 4.79 Å². The van der Waals surface area contributed by atoms with Crippen LogP contribution in [0.3, 0.4) is 0 Å². The predicted octanol–water partition coefficient (Wildman–Crippen LogP) is 4.37. The fraction of sp³-hybridized carbons (Fsp3) is 0.235. The molecule has 2 rings (SSSR count). The van der Waals surface area contributed by atoms with Crippen LogP contribution in [0.5, 0.6) is 11.5 Å². The van der Waals surface area contributed by atoms with Crippen LogP contribution in [0.15, 0.2) is 36.4 Å². The van der Waals surface area contributed by atoms with Crippen molar-refractivity contribution in [2.75, 3.05) is 26.1 Å². The Morgan fingerprint density at radius 2 is 1.67 bits per heavy atom. The van der Waals surface area contributed by atoms with E-state index in [2.05, 4.69) is 10.6 Å². The minimum Gasteiger partial charge on any atom is -0.493 e. The van der Waals surface area contributed by atoms with Gasteiger partial charge in [-0.25, -0.2) is 4.79 Å². The van der Waals surface area contributed by atoms with Gasteiger partial charge in [0.05, 0.1) is 14.2 Å². The highest BCUT2D eigenvalue weighted by Crippen LogP contribution is 2.27. The van der Waals surface area contributed by atoms with Gasteiger partial charge in [-0.05, 0) is 42.3 Å². The van der Waals surface area contributed by atoms with Crippen molar-refractivity contribution in [3.05, 3.63) is 52.0 Å². The molecule has 128 valence electrons. The highest BCUT2D eigenvalue weighted by molar-refractivity contribution is 6.35. The van der Waals surface area contributed by atoms with Gasteiger partial charge in [0.1, 0.15) is 0 Å². The summed E-state index contributed by atoms with van der Waals surface area (Å²) in [6.07, 6.45) is 0.657. The van der Waals surface area contributed by atoms with Gasteiger partial charge in [0, 0.05) is 22.3 Å². The molecule has 0 radical (unpaired) electrons. The Bertz CT molecular complexity index is 703. The Balaban J connectivity index is 1.86. The molecule has 0 aliphatic heterocycles. The summed E-state index contributed by atoms with van der Waals surface area (Å²) in [5.74, 6) is 1.33. The maximum atomic E-state index is 11.9. The summed E-state index contributed by atoms with van der Waals surface area (Å²) in [5, 5.41) is 6.39. The third kappa shape index (κ3) is 5.22. The number of benzene rings is 2. The quantitative estimate of drug-likeness (QED) is 0.795. The van der Waals surface area contributed by atoms with E-state index in [4.69, 9.17) is 32.7 Å². The minimum atomic E-state index is -0.325. The van der Waals surface area contributed by atoms with Crippen LogP contribution >= 0.6 is 23.2 Å². The fourth-order valence-electron chi connectivity index (χ4n) is 2.16. The van der Waals surface area contributed by atoms with Crippen LogP contribution in [0.25, 0.3) is 0 Å². The third-order valence-corrected chi connectivity index (χ3v) is 3.70. The molecular formula is C17H18Cl2N2O3. The van der Waals surface area contributed by atoms with Gasteiger partial charge < -0.3 is 20.1 Å². The smallest absolute Gasteiger partial charge is 0.319 e. The maximum absolute atomic E-state index is 11.9. The average molecular weight is 369 g/mol. The van der Waals surface area contributed by atoms with E-state index in [0.717, 1.165) is 5.56 Å². The van der Waals surface area contributed by atoms with Crippen molar-refractivity contribution < 1.29 is 14.3 Å². The molecule has 0 heterocycles. The second-order valence-electron chi connectivity index (χ2n) is 4.98. The van der Waals surface area contributed by atoms with Gasteiger partial charge in [0.15, 0.2) is 11.5 Å². The topological polar surface area (TPSA) is 59.6 Å². The van der Waals surface area contributed by atoms with Gasteiger partial charge >= 0.3 is 6.03 Å². The number of amides is 2. The zero-order valence-electron chi connectivity index (χ0n) is 13.4. The number of halogens is 2. The van der Waals surface area contributed by atoms with Crippen LogP contribution in [-0.2, 0) is 6.42 Å². The lowest BCUT2D eigenvalue weighted by Gasteiger charge is -2.11. The number of carbonyl (C=O) groups is 1. The molecule has 2 amide bonds. The molecule has 0 saturated carbocycles. The van der Waals surface area contributed by atoms with Crippen molar-refractivity contribution in [3.8, 4) is 11.5 Å². The van der Waals surface area contributed by atoms with E-state index in [-0.39, 0.29) is 6.03 Å². The summed E-state index contributed by atoms with van der Waals surface area (Å²) < 4.78 is 10.4.